The number of benzene rings is 9. The van der Waals surface area contributed by atoms with Gasteiger partial charge in [0.15, 0.2) is 5.82 Å². The molecule has 11 aromatic rings. The summed E-state index contributed by atoms with van der Waals surface area (Å²) in [5.74, 6) is 3.70. The van der Waals surface area contributed by atoms with Crippen molar-refractivity contribution >= 4 is 44.1 Å². The minimum absolute atomic E-state index is 0.699. The number of aromatic nitrogens is 3. The number of rotatable bonds is 8. The van der Waals surface area contributed by atoms with Gasteiger partial charge in [0.1, 0.15) is 0 Å². The van der Waals surface area contributed by atoms with E-state index in [-0.39, 0.29) is 0 Å². The summed E-state index contributed by atoms with van der Waals surface area (Å²) < 4.78 is 2.41. The molecule has 64 heavy (non-hydrogen) atoms. The molecule has 9 aromatic carbocycles. The topological polar surface area (TPSA) is 30.7 Å². The second-order valence-corrected chi connectivity index (χ2v) is 16.1. The van der Waals surface area contributed by atoms with Crippen LogP contribution in [0, 0.1) is 19.3 Å². The van der Waals surface area contributed by atoms with Gasteiger partial charge in [-0.3, -0.25) is 0 Å². The van der Waals surface area contributed by atoms with Gasteiger partial charge >= 0.3 is 0 Å². The molecule has 0 aliphatic rings. The molecule has 0 fully saturated rings. The highest BCUT2D eigenvalue weighted by Crippen LogP contribution is 2.42. The number of nitrogens with zero attached hydrogens (tertiary/aromatic N) is 3. The first-order valence-corrected chi connectivity index (χ1v) is 21.6. The molecule has 0 bridgehead atoms. The zero-order valence-electron chi connectivity index (χ0n) is 35.3. The minimum atomic E-state index is 0.699. The molecule has 2 aromatic heterocycles. The van der Waals surface area contributed by atoms with Gasteiger partial charge in [0.2, 0.25) is 0 Å². The van der Waals surface area contributed by atoms with E-state index in [1.807, 2.05) is 42.5 Å². The third kappa shape index (κ3) is 6.85. The zero-order valence-corrected chi connectivity index (χ0v) is 35.3. The maximum atomic E-state index is 6.24. The normalized spacial score (nSPS) is 11.6. The Bertz CT molecular complexity index is 3540. The fourth-order valence-electron chi connectivity index (χ4n) is 9.24. The van der Waals surface area contributed by atoms with Crippen LogP contribution in [0.1, 0.15) is 16.8 Å². The van der Waals surface area contributed by atoms with Crippen LogP contribution in [-0.4, -0.2) is 14.5 Å². The summed E-state index contributed by atoms with van der Waals surface area (Å²) in [6.45, 7) is 2.21. The first kappa shape index (κ1) is 38.3. The van der Waals surface area contributed by atoms with Gasteiger partial charge in [0.25, 0.3) is 0 Å². The number of allylic oxidation sites excluding steroid dienone is 1. The van der Waals surface area contributed by atoms with E-state index in [0.29, 0.717) is 5.82 Å². The van der Waals surface area contributed by atoms with E-state index in [1.165, 1.54) is 16.5 Å². The average molecular weight is 816 g/mol. The first-order valence-electron chi connectivity index (χ1n) is 21.6. The monoisotopic (exact) mass is 815 g/mol. The van der Waals surface area contributed by atoms with Gasteiger partial charge in [0, 0.05) is 44.3 Å². The van der Waals surface area contributed by atoms with E-state index in [0.717, 1.165) is 94.3 Å². The molecule has 3 heteroatoms. The predicted octanol–water partition coefficient (Wildman–Crippen LogP) is 15.5. The van der Waals surface area contributed by atoms with Crippen LogP contribution in [0.15, 0.2) is 218 Å². The first-order chi connectivity index (χ1) is 31.6. The Morgan fingerprint density at radius 2 is 0.969 bits per heavy atom. The molecule has 2 heterocycles. The Morgan fingerprint density at radius 1 is 0.453 bits per heavy atom. The van der Waals surface area contributed by atoms with Crippen LogP contribution < -0.4 is 0 Å². The quantitative estimate of drug-likeness (QED) is 0.143. The van der Waals surface area contributed by atoms with Gasteiger partial charge in [-0.25, -0.2) is 9.97 Å². The van der Waals surface area contributed by atoms with Crippen molar-refractivity contribution < 1.29 is 0 Å². The highest BCUT2D eigenvalue weighted by Gasteiger charge is 2.21. The van der Waals surface area contributed by atoms with E-state index in [1.54, 1.807) is 0 Å². The summed E-state index contributed by atoms with van der Waals surface area (Å²) >= 11 is 0. The highest BCUT2D eigenvalue weighted by molar-refractivity contribution is 6.11. The van der Waals surface area contributed by atoms with Gasteiger partial charge in [-0.15, -0.1) is 6.42 Å². The number of hydrogen-bond acceptors (Lipinski definition) is 2. The number of terminal acetylenes is 1. The molecular weight excluding hydrogens is 775 g/mol. The molecule has 0 saturated heterocycles. The molecule has 0 unspecified atom stereocenters. The van der Waals surface area contributed by atoms with E-state index in [2.05, 4.69) is 199 Å². The van der Waals surface area contributed by atoms with E-state index in [4.69, 9.17) is 16.4 Å². The predicted molar refractivity (Wildman–Crippen MR) is 269 cm³/mol. The summed E-state index contributed by atoms with van der Waals surface area (Å²) in [6.07, 6.45) is 8.43. The van der Waals surface area contributed by atoms with Crippen LogP contribution in [0.3, 0.4) is 0 Å². The SMILES string of the molecule is C#C/C(=C\c1c(C)n(-c2ccc(-c3ccc(-c4cc(-c5ccccc5)nc(-c5ccccc5)n4)c4ccccc34)c3ccccc23)c2ccc(-c3ccccc3)cc12)c1ccccc1. The molecule has 300 valence electrons. The lowest BCUT2D eigenvalue weighted by Gasteiger charge is -2.18. The fraction of sp³-hybridized carbons (Fsp3) is 0.0164. The lowest BCUT2D eigenvalue weighted by Crippen LogP contribution is -1.99. The average Bonchev–Trinajstić information content (AvgIpc) is 3.64. The van der Waals surface area contributed by atoms with Crippen molar-refractivity contribution in [2.24, 2.45) is 0 Å². The van der Waals surface area contributed by atoms with Gasteiger partial charge < -0.3 is 4.57 Å². The van der Waals surface area contributed by atoms with E-state index >= 15 is 0 Å². The third-order valence-electron chi connectivity index (χ3n) is 12.3. The van der Waals surface area contributed by atoms with Crippen molar-refractivity contribution in [1.29, 1.82) is 0 Å². The molecule has 0 aliphatic carbocycles. The maximum Gasteiger partial charge on any atom is 0.160 e. The molecule has 0 aliphatic heterocycles. The van der Waals surface area contributed by atoms with Crippen LogP contribution in [0.4, 0.5) is 0 Å². The lowest BCUT2D eigenvalue weighted by atomic mass is 9.90. The molecular formula is C61H41N3. The Labute approximate surface area is 373 Å². The minimum Gasteiger partial charge on any atom is -0.313 e. The van der Waals surface area contributed by atoms with Gasteiger partial charge in [0.05, 0.1) is 22.6 Å². The largest absolute Gasteiger partial charge is 0.313 e. The Morgan fingerprint density at radius 3 is 1.62 bits per heavy atom. The summed E-state index contributed by atoms with van der Waals surface area (Å²) in [5.41, 5.74) is 15.8. The molecule has 0 atom stereocenters. The molecule has 0 spiro atoms. The molecule has 3 nitrogen and oxygen atoms in total. The Kier molecular flexibility index (Phi) is 9.81. The third-order valence-corrected chi connectivity index (χ3v) is 12.3. The van der Waals surface area contributed by atoms with Gasteiger partial charge in [-0.05, 0) is 81.2 Å². The van der Waals surface area contributed by atoms with Crippen molar-refractivity contribution in [3.05, 3.63) is 235 Å². The van der Waals surface area contributed by atoms with Crippen molar-refractivity contribution in [3.8, 4) is 74.2 Å². The smallest absolute Gasteiger partial charge is 0.160 e. The summed E-state index contributed by atoms with van der Waals surface area (Å²) in [7, 11) is 0. The van der Waals surface area contributed by atoms with Crippen molar-refractivity contribution in [1.82, 2.24) is 14.5 Å². The molecule has 0 N–H and O–H groups in total. The summed E-state index contributed by atoms with van der Waals surface area (Å²) in [4.78, 5) is 10.3. The lowest BCUT2D eigenvalue weighted by molar-refractivity contribution is 1.06. The Hall–Kier alpha value is -8.58. The standard InChI is InChI=1S/C61H41N3/c1-3-42(43-20-8-4-9-21-43)38-55-41(2)64(60-36-32-47(39-56(55)60)44-22-10-5-11-23-44)59-37-35-52(50-30-18-19-31-54(50)59)51-33-34-53(49-29-17-16-28-48(49)51)58-40-57(45-24-12-6-13-25-45)62-61(63-58)46-26-14-7-15-27-46/h1,4-40H,2H3/b42-38+. The van der Waals surface area contributed by atoms with Crippen LogP contribution in [-0.2, 0) is 0 Å². The number of hydrogen-bond donors (Lipinski definition) is 0. The van der Waals surface area contributed by atoms with Gasteiger partial charge in [-0.1, -0.05) is 200 Å². The number of fused-ring (bicyclic) bond motifs is 3. The zero-order chi connectivity index (χ0) is 43.0. The fourth-order valence-corrected chi connectivity index (χ4v) is 9.24. The van der Waals surface area contributed by atoms with E-state index in [9.17, 15) is 0 Å². The van der Waals surface area contributed by atoms with Crippen molar-refractivity contribution in [2.75, 3.05) is 0 Å². The highest BCUT2D eigenvalue weighted by atomic mass is 15.0. The van der Waals surface area contributed by atoms with Crippen molar-refractivity contribution in [2.45, 2.75) is 6.92 Å². The molecule has 0 amide bonds. The van der Waals surface area contributed by atoms with Crippen LogP contribution in [0.2, 0.25) is 0 Å². The summed E-state index contributed by atoms with van der Waals surface area (Å²) in [5, 5.41) is 5.76. The van der Waals surface area contributed by atoms with Crippen LogP contribution in [0.25, 0.3) is 106 Å². The summed E-state index contributed by atoms with van der Waals surface area (Å²) in [6, 6.07) is 76.9. The maximum absolute atomic E-state index is 6.24. The van der Waals surface area contributed by atoms with Crippen molar-refractivity contribution in [3.63, 3.8) is 0 Å². The molecule has 0 radical (unpaired) electrons. The molecule has 11 rings (SSSR count). The van der Waals surface area contributed by atoms with Crippen LogP contribution >= 0.6 is 0 Å². The second kappa shape index (κ2) is 16.4. The Balaban J connectivity index is 1.09. The van der Waals surface area contributed by atoms with Gasteiger partial charge in [-0.2, -0.15) is 0 Å². The van der Waals surface area contributed by atoms with E-state index < -0.39 is 0 Å². The van der Waals surface area contributed by atoms with Crippen LogP contribution in [0.5, 0.6) is 0 Å². The second-order valence-electron chi connectivity index (χ2n) is 16.1. The molecule has 0 saturated carbocycles.